The van der Waals surface area contributed by atoms with Gasteiger partial charge in [-0.1, -0.05) is 12.1 Å². The Balaban J connectivity index is 1.61. The molecule has 0 saturated carbocycles. The van der Waals surface area contributed by atoms with Crippen molar-refractivity contribution in [3.05, 3.63) is 63.8 Å². The molecular weight excluding hydrogens is 430 g/mol. The quantitative estimate of drug-likeness (QED) is 0.647. The lowest BCUT2D eigenvalue weighted by atomic mass is 10.0. The zero-order valence-corrected chi connectivity index (χ0v) is 17.0. The van der Waals surface area contributed by atoms with E-state index in [-0.39, 0.29) is 10.8 Å². The Morgan fingerprint density at radius 1 is 1.19 bits per heavy atom. The van der Waals surface area contributed by atoms with Crippen molar-refractivity contribution >= 4 is 42.8 Å². The van der Waals surface area contributed by atoms with Crippen LogP contribution < -0.4 is 4.72 Å². The number of benzene rings is 2. The molecule has 1 amide bonds. The molecule has 0 fully saturated rings. The van der Waals surface area contributed by atoms with Crippen LogP contribution in [0.5, 0.6) is 0 Å². The Kier molecular flexibility index (Phi) is 4.57. The van der Waals surface area contributed by atoms with Crippen LogP contribution in [0, 0.1) is 0 Å². The first-order chi connectivity index (χ1) is 12.9. The van der Waals surface area contributed by atoms with Crippen molar-refractivity contribution in [2.45, 2.75) is 17.9 Å². The summed E-state index contributed by atoms with van der Waals surface area (Å²) in [7, 11) is -2.15. The van der Waals surface area contributed by atoms with Crippen LogP contribution in [0.4, 0.5) is 0 Å². The lowest BCUT2D eigenvalue weighted by Gasteiger charge is -2.27. The molecule has 0 saturated heterocycles. The van der Waals surface area contributed by atoms with Gasteiger partial charge in [-0.05, 0) is 53.3 Å². The molecule has 2 heterocycles. The maximum absolute atomic E-state index is 12.9. The summed E-state index contributed by atoms with van der Waals surface area (Å²) in [4.78, 5) is 18.3. The van der Waals surface area contributed by atoms with Crippen LogP contribution in [0.15, 0.2) is 51.8 Å². The Morgan fingerprint density at radius 2 is 1.93 bits per heavy atom. The molecule has 2 N–H and O–H groups in total. The zero-order chi connectivity index (χ0) is 19.2. The smallest absolute Gasteiger partial charge is 0.254 e. The van der Waals surface area contributed by atoms with Gasteiger partial charge in [0, 0.05) is 46.2 Å². The van der Waals surface area contributed by atoms with Crippen LogP contribution in [-0.4, -0.2) is 37.8 Å². The van der Waals surface area contributed by atoms with Crippen molar-refractivity contribution in [2.24, 2.45) is 0 Å². The number of fused-ring (bicyclic) bond motifs is 3. The van der Waals surface area contributed by atoms with Crippen LogP contribution in [0.2, 0.25) is 0 Å². The second-order valence-corrected chi connectivity index (χ2v) is 9.19. The SMILES string of the molecule is CNS(=O)(=O)c1ccc(C(=O)N2CCc3[nH]c4c(Br)cccc4c3C2)cc1. The molecule has 0 bridgehead atoms. The molecule has 0 radical (unpaired) electrons. The van der Waals surface area contributed by atoms with E-state index >= 15 is 0 Å². The standard InChI is InChI=1S/C19H18BrN3O3S/c1-21-27(25,26)13-7-5-12(6-8-13)19(24)23-10-9-17-15(11-23)14-3-2-4-16(20)18(14)22-17/h2-8,21-22H,9-11H2,1H3. The third kappa shape index (κ3) is 3.18. The summed E-state index contributed by atoms with van der Waals surface area (Å²) in [5.41, 5.74) is 3.84. The number of nitrogens with zero attached hydrogens (tertiary/aromatic N) is 1. The van der Waals surface area contributed by atoms with Crippen molar-refractivity contribution in [3.63, 3.8) is 0 Å². The van der Waals surface area contributed by atoms with E-state index in [1.54, 1.807) is 17.0 Å². The number of halogens is 1. The highest BCUT2D eigenvalue weighted by Crippen LogP contribution is 2.32. The van der Waals surface area contributed by atoms with Crippen LogP contribution in [0.25, 0.3) is 10.9 Å². The van der Waals surface area contributed by atoms with Gasteiger partial charge in [0.25, 0.3) is 5.91 Å². The summed E-state index contributed by atoms with van der Waals surface area (Å²) in [5, 5.41) is 1.12. The Labute approximate surface area is 165 Å². The highest BCUT2D eigenvalue weighted by molar-refractivity contribution is 9.10. The molecule has 1 aliphatic heterocycles. The summed E-state index contributed by atoms with van der Waals surface area (Å²) in [6.07, 6.45) is 0.758. The number of carbonyl (C=O) groups excluding carboxylic acids is 1. The summed E-state index contributed by atoms with van der Waals surface area (Å²) >= 11 is 3.57. The van der Waals surface area contributed by atoms with Crippen LogP contribution in [-0.2, 0) is 23.0 Å². The molecule has 4 rings (SSSR count). The van der Waals surface area contributed by atoms with Gasteiger partial charge in [0.05, 0.1) is 10.4 Å². The van der Waals surface area contributed by atoms with Gasteiger partial charge in [0.15, 0.2) is 0 Å². The molecule has 0 spiro atoms. The molecule has 27 heavy (non-hydrogen) atoms. The van der Waals surface area contributed by atoms with Gasteiger partial charge < -0.3 is 9.88 Å². The first-order valence-electron chi connectivity index (χ1n) is 8.51. The number of hydrogen-bond acceptors (Lipinski definition) is 3. The van der Waals surface area contributed by atoms with Crippen LogP contribution in [0.3, 0.4) is 0 Å². The molecule has 6 nitrogen and oxygen atoms in total. The zero-order valence-electron chi connectivity index (χ0n) is 14.6. The second kappa shape index (κ2) is 6.78. The second-order valence-electron chi connectivity index (χ2n) is 6.45. The Bertz CT molecular complexity index is 1140. The maximum atomic E-state index is 12.9. The molecule has 140 valence electrons. The van der Waals surface area contributed by atoms with Crippen LogP contribution >= 0.6 is 15.9 Å². The Hall–Kier alpha value is -2.16. The first kappa shape index (κ1) is 18.2. The number of nitrogens with one attached hydrogen (secondary N) is 2. The number of para-hydroxylation sites is 1. The average Bonchev–Trinajstić information content (AvgIpc) is 3.07. The fourth-order valence-electron chi connectivity index (χ4n) is 3.45. The number of sulfonamides is 1. The lowest BCUT2D eigenvalue weighted by Crippen LogP contribution is -2.35. The average molecular weight is 448 g/mol. The minimum atomic E-state index is -3.51. The van der Waals surface area contributed by atoms with Crippen molar-refractivity contribution in [1.82, 2.24) is 14.6 Å². The summed E-state index contributed by atoms with van der Waals surface area (Å²) < 4.78 is 26.9. The monoisotopic (exact) mass is 447 g/mol. The highest BCUT2D eigenvalue weighted by Gasteiger charge is 2.25. The Morgan fingerprint density at radius 3 is 2.63 bits per heavy atom. The number of rotatable bonds is 3. The summed E-state index contributed by atoms with van der Waals surface area (Å²) in [5.74, 6) is -0.0987. The van der Waals surface area contributed by atoms with E-state index in [1.807, 2.05) is 12.1 Å². The summed E-state index contributed by atoms with van der Waals surface area (Å²) in [6, 6.07) is 12.1. The third-order valence-electron chi connectivity index (χ3n) is 4.93. The van der Waals surface area contributed by atoms with Crippen molar-refractivity contribution in [2.75, 3.05) is 13.6 Å². The number of carbonyl (C=O) groups is 1. The molecule has 3 aromatic rings. The number of H-pyrrole nitrogens is 1. The predicted octanol–water partition coefficient (Wildman–Crippen LogP) is 3.04. The van der Waals surface area contributed by atoms with Gasteiger partial charge in [-0.25, -0.2) is 13.1 Å². The molecule has 8 heteroatoms. The van der Waals surface area contributed by atoms with Gasteiger partial charge in [0.2, 0.25) is 10.0 Å². The van der Waals surface area contributed by atoms with Gasteiger partial charge >= 0.3 is 0 Å². The topological polar surface area (TPSA) is 82.3 Å². The molecule has 2 aromatic carbocycles. The fraction of sp³-hybridized carbons (Fsp3) is 0.211. The minimum absolute atomic E-state index is 0.0987. The van der Waals surface area contributed by atoms with E-state index < -0.39 is 10.0 Å². The molecule has 1 aromatic heterocycles. The van der Waals surface area contributed by atoms with E-state index in [2.05, 4.69) is 31.7 Å². The molecule has 0 atom stereocenters. The van der Waals surface area contributed by atoms with Gasteiger partial charge in [-0.15, -0.1) is 0 Å². The van der Waals surface area contributed by atoms with E-state index in [4.69, 9.17) is 0 Å². The van der Waals surface area contributed by atoms with Crippen molar-refractivity contribution < 1.29 is 13.2 Å². The highest BCUT2D eigenvalue weighted by atomic mass is 79.9. The van der Waals surface area contributed by atoms with E-state index in [9.17, 15) is 13.2 Å². The molecule has 0 aliphatic carbocycles. The largest absolute Gasteiger partial charge is 0.357 e. The fourth-order valence-corrected chi connectivity index (χ4v) is 4.65. The van der Waals surface area contributed by atoms with Gasteiger partial charge in [-0.3, -0.25) is 4.79 Å². The first-order valence-corrected chi connectivity index (χ1v) is 10.8. The maximum Gasteiger partial charge on any atom is 0.254 e. The molecule has 1 aliphatic rings. The van der Waals surface area contributed by atoms with Crippen molar-refractivity contribution in [1.29, 1.82) is 0 Å². The normalized spacial score (nSPS) is 14.4. The minimum Gasteiger partial charge on any atom is -0.357 e. The summed E-state index contributed by atoms with van der Waals surface area (Å²) in [6.45, 7) is 1.15. The predicted molar refractivity (Wildman–Crippen MR) is 107 cm³/mol. The third-order valence-corrected chi connectivity index (χ3v) is 7.02. The number of hydrogen-bond donors (Lipinski definition) is 2. The molecule has 0 unspecified atom stereocenters. The van der Waals surface area contributed by atoms with Crippen molar-refractivity contribution in [3.8, 4) is 0 Å². The number of aromatic amines is 1. The van der Waals surface area contributed by atoms with Gasteiger partial charge in [0.1, 0.15) is 0 Å². The van der Waals surface area contributed by atoms with Gasteiger partial charge in [-0.2, -0.15) is 0 Å². The molecular formula is C19H18BrN3O3S. The number of aromatic nitrogens is 1. The lowest BCUT2D eigenvalue weighted by molar-refractivity contribution is 0.0735. The van der Waals surface area contributed by atoms with Crippen LogP contribution in [0.1, 0.15) is 21.6 Å². The van der Waals surface area contributed by atoms with E-state index in [1.165, 1.54) is 19.2 Å². The van der Waals surface area contributed by atoms with E-state index in [0.717, 1.165) is 33.1 Å². The van der Waals surface area contributed by atoms with E-state index in [0.29, 0.717) is 18.7 Å². The number of amides is 1.